The van der Waals surface area contributed by atoms with Crippen molar-refractivity contribution in [1.82, 2.24) is 4.90 Å². The van der Waals surface area contributed by atoms with Crippen LogP contribution >= 0.6 is 23.4 Å². The molecule has 1 unspecified atom stereocenters. The van der Waals surface area contributed by atoms with Crippen molar-refractivity contribution in [2.24, 2.45) is 4.99 Å². The highest BCUT2D eigenvalue weighted by atomic mass is 35.5. The second kappa shape index (κ2) is 10.4. The highest BCUT2D eigenvalue weighted by Crippen LogP contribution is 2.31. The number of amides is 1. The zero-order valence-corrected chi connectivity index (χ0v) is 18.7. The van der Waals surface area contributed by atoms with E-state index in [0.717, 1.165) is 23.2 Å². The van der Waals surface area contributed by atoms with E-state index in [1.165, 1.54) is 37.7 Å². The van der Waals surface area contributed by atoms with Crippen LogP contribution in [-0.2, 0) is 11.3 Å². The first-order chi connectivity index (χ1) is 14.7. The number of amidine groups is 1. The molecule has 1 aliphatic carbocycles. The minimum Gasteiger partial charge on any atom is -0.343 e. The molecule has 1 saturated carbocycles. The number of hydrogen-bond donors (Lipinski definition) is 1. The Morgan fingerprint density at radius 3 is 2.53 bits per heavy atom. The molecule has 6 heteroatoms. The van der Waals surface area contributed by atoms with Crippen LogP contribution in [0.15, 0.2) is 59.6 Å². The summed E-state index contributed by atoms with van der Waals surface area (Å²) in [5.41, 5.74) is 2.03. The first-order valence-corrected chi connectivity index (χ1v) is 12.1. The molecule has 1 heterocycles. The van der Waals surface area contributed by atoms with Crippen molar-refractivity contribution in [3.05, 3.63) is 65.2 Å². The molecule has 2 fully saturated rings. The Morgan fingerprint density at radius 2 is 1.80 bits per heavy atom. The molecule has 2 aromatic carbocycles. The first-order valence-electron chi connectivity index (χ1n) is 10.7. The Kier molecular flexibility index (Phi) is 7.34. The predicted molar refractivity (Wildman–Crippen MR) is 127 cm³/mol. The van der Waals surface area contributed by atoms with Gasteiger partial charge in [0.1, 0.15) is 0 Å². The number of carbonyl (C=O) groups excluding carboxylic acids is 1. The van der Waals surface area contributed by atoms with Gasteiger partial charge < -0.3 is 10.2 Å². The molecule has 0 radical (unpaired) electrons. The summed E-state index contributed by atoms with van der Waals surface area (Å²) in [6, 6.07) is 18.3. The lowest BCUT2D eigenvalue weighted by atomic mass is 9.96. The fraction of sp³-hybridized carbons (Fsp3) is 0.417. The number of carbonyl (C=O) groups is 1. The summed E-state index contributed by atoms with van der Waals surface area (Å²) in [4.78, 5) is 20.2. The molecule has 1 N–H and O–H groups in total. The summed E-state index contributed by atoms with van der Waals surface area (Å²) >= 11 is 7.74. The predicted octanol–water partition coefficient (Wildman–Crippen LogP) is 5.97. The van der Waals surface area contributed by atoms with Gasteiger partial charge in [-0.3, -0.25) is 9.79 Å². The third kappa shape index (κ3) is 5.79. The second-order valence-corrected chi connectivity index (χ2v) is 9.46. The summed E-state index contributed by atoms with van der Waals surface area (Å²) in [6.45, 7) is 0.790. The Morgan fingerprint density at radius 1 is 1.07 bits per heavy atom. The molecule has 1 saturated heterocycles. The van der Waals surface area contributed by atoms with Crippen LogP contribution in [0.2, 0.25) is 5.02 Å². The van der Waals surface area contributed by atoms with E-state index in [9.17, 15) is 4.79 Å². The number of thioether (sulfide) groups is 1. The molecule has 2 aromatic rings. The second-order valence-electron chi connectivity index (χ2n) is 8.04. The largest absolute Gasteiger partial charge is 0.343 e. The third-order valence-corrected chi connectivity index (χ3v) is 7.11. The highest BCUT2D eigenvalue weighted by molar-refractivity contribution is 8.14. The number of nitrogens with one attached hydrogen (secondary N) is 1. The molecular formula is C24H28ClN3OS. The maximum Gasteiger partial charge on any atom is 0.226 e. The fourth-order valence-electron chi connectivity index (χ4n) is 4.08. The minimum atomic E-state index is 0.0277. The van der Waals surface area contributed by atoms with Crippen molar-refractivity contribution < 1.29 is 4.79 Å². The number of rotatable bonds is 6. The highest BCUT2D eigenvalue weighted by Gasteiger charge is 2.32. The van der Waals surface area contributed by atoms with Gasteiger partial charge in [-0.2, -0.15) is 0 Å². The SMILES string of the molecule is O=C(CC1CSC(=NC2CCCCC2)N1Cc1ccccc1)Nc1ccc(Cl)cc1. The minimum absolute atomic E-state index is 0.0277. The average Bonchev–Trinajstić information content (AvgIpc) is 3.12. The molecule has 1 atom stereocenters. The van der Waals surface area contributed by atoms with Gasteiger partial charge in [0.05, 0.1) is 6.04 Å². The molecule has 0 bridgehead atoms. The zero-order valence-electron chi connectivity index (χ0n) is 17.1. The molecule has 2 aliphatic rings. The van der Waals surface area contributed by atoms with Gasteiger partial charge in [-0.15, -0.1) is 0 Å². The Bertz CT molecular complexity index is 866. The lowest BCUT2D eigenvalue weighted by molar-refractivity contribution is -0.116. The normalized spacial score (nSPS) is 21.2. The van der Waals surface area contributed by atoms with Gasteiger partial charge in [0.2, 0.25) is 5.91 Å². The zero-order chi connectivity index (χ0) is 20.8. The van der Waals surface area contributed by atoms with Crippen LogP contribution in [0.5, 0.6) is 0 Å². The summed E-state index contributed by atoms with van der Waals surface area (Å²) in [7, 11) is 0. The van der Waals surface area contributed by atoms with E-state index >= 15 is 0 Å². The van der Waals surface area contributed by atoms with Gasteiger partial charge in [0, 0.05) is 35.5 Å². The van der Waals surface area contributed by atoms with E-state index in [2.05, 4.69) is 34.5 Å². The lowest BCUT2D eigenvalue weighted by Gasteiger charge is -2.27. The molecule has 4 rings (SSSR count). The Hall–Kier alpha value is -1.98. The van der Waals surface area contributed by atoms with Crippen LogP contribution in [0.4, 0.5) is 5.69 Å². The number of aliphatic imine (C=N–C) groups is 1. The van der Waals surface area contributed by atoms with E-state index in [4.69, 9.17) is 16.6 Å². The summed E-state index contributed by atoms with van der Waals surface area (Å²) in [5.74, 6) is 0.923. The van der Waals surface area contributed by atoms with Crippen LogP contribution in [-0.4, -0.2) is 33.8 Å². The molecule has 30 heavy (non-hydrogen) atoms. The average molecular weight is 442 g/mol. The van der Waals surface area contributed by atoms with E-state index in [1.54, 1.807) is 23.9 Å². The monoisotopic (exact) mass is 441 g/mol. The lowest BCUT2D eigenvalue weighted by Crippen LogP contribution is -2.37. The van der Waals surface area contributed by atoms with Crippen molar-refractivity contribution in [1.29, 1.82) is 0 Å². The quantitative estimate of drug-likeness (QED) is 0.600. The molecule has 4 nitrogen and oxygen atoms in total. The first kappa shape index (κ1) is 21.3. The van der Waals surface area contributed by atoms with E-state index < -0.39 is 0 Å². The van der Waals surface area contributed by atoms with Crippen molar-refractivity contribution in [2.75, 3.05) is 11.1 Å². The van der Waals surface area contributed by atoms with Gasteiger partial charge in [-0.25, -0.2) is 0 Å². The smallest absolute Gasteiger partial charge is 0.226 e. The van der Waals surface area contributed by atoms with Crippen LogP contribution in [0, 0.1) is 0 Å². The maximum atomic E-state index is 12.7. The van der Waals surface area contributed by atoms with Gasteiger partial charge in [0.15, 0.2) is 5.17 Å². The van der Waals surface area contributed by atoms with Crippen molar-refractivity contribution in [2.45, 2.75) is 57.2 Å². The van der Waals surface area contributed by atoms with Crippen molar-refractivity contribution in [3.8, 4) is 0 Å². The number of anilines is 1. The number of hydrogen-bond acceptors (Lipinski definition) is 3. The topological polar surface area (TPSA) is 44.7 Å². The number of halogens is 1. The third-order valence-electron chi connectivity index (χ3n) is 5.70. The van der Waals surface area contributed by atoms with Gasteiger partial charge >= 0.3 is 0 Å². The number of benzene rings is 2. The van der Waals surface area contributed by atoms with Gasteiger partial charge in [-0.05, 0) is 42.7 Å². The molecule has 0 aromatic heterocycles. The maximum absolute atomic E-state index is 12.7. The molecule has 158 valence electrons. The molecule has 1 amide bonds. The summed E-state index contributed by atoms with van der Waals surface area (Å²) in [6.07, 6.45) is 6.70. The van der Waals surface area contributed by atoms with Crippen LogP contribution < -0.4 is 5.32 Å². The Labute approximate surface area is 188 Å². The van der Waals surface area contributed by atoms with E-state index in [1.807, 2.05) is 18.2 Å². The fourth-order valence-corrected chi connectivity index (χ4v) is 5.45. The van der Waals surface area contributed by atoms with Gasteiger partial charge in [-0.1, -0.05) is 73.0 Å². The van der Waals surface area contributed by atoms with Crippen molar-refractivity contribution >= 4 is 40.1 Å². The molecule has 1 aliphatic heterocycles. The van der Waals surface area contributed by atoms with E-state index in [-0.39, 0.29) is 11.9 Å². The van der Waals surface area contributed by atoms with Crippen LogP contribution in [0.25, 0.3) is 0 Å². The van der Waals surface area contributed by atoms with Gasteiger partial charge in [0.25, 0.3) is 0 Å². The van der Waals surface area contributed by atoms with Crippen LogP contribution in [0.1, 0.15) is 44.1 Å². The van der Waals surface area contributed by atoms with Crippen molar-refractivity contribution in [3.63, 3.8) is 0 Å². The molecule has 0 spiro atoms. The summed E-state index contributed by atoms with van der Waals surface area (Å²) < 4.78 is 0. The van der Waals surface area contributed by atoms with Crippen LogP contribution in [0.3, 0.4) is 0 Å². The number of nitrogens with zero attached hydrogens (tertiary/aromatic N) is 2. The standard InChI is InChI=1S/C24H28ClN3OS/c25-19-11-13-21(14-12-19)26-23(29)15-22-17-30-24(27-20-9-5-2-6-10-20)28(22)16-18-7-3-1-4-8-18/h1,3-4,7-8,11-14,20,22H,2,5-6,9-10,15-17H2,(H,26,29). The summed E-state index contributed by atoms with van der Waals surface area (Å²) in [5, 5.41) is 4.77. The molecular weight excluding hydrogens is 414 g/mol. The Balaban J connectivity index is 1.46. The van der Waals surface area contributed by atoms with E-state index in [0.29, 0.717) is 17.5 Å².